The SMILES string of the molecule is COc1ccc([C@@]23C(=O)N(Nc4ccc(Cl)cc4Cl)C(=O)[C@@H]2C[C@@H]2C(=CC[C@@H]4C(=O)N(Cc5cccs5)C(=O)[C@@H]42)[C@@H]3c2ccc(O)cc2OC)cc1. The highest BCUT2D eigenvalue weighted by Crippen LogP contribution is 2.65. The zero-order valence-corrected chi connectivity index (χ0v) is 30.4. The number of phenols is 1. The number of nitrogens with one attached hydrogen (secondary N) is 1. The number of anilines is 1. The lowest BCUT2D eigenvalue weighted by Gasteiger charge is -2.50. The number of fused-ring (bicyclic) bond motifs is 4. The molecule has 2 aliphatic heterocycles. The molecule has 2 N–H and O–H groups in total. The number of halogens is 2. The van der Waals surface area contributed by atoms with E-state index in [2.05, 4.69) is 5.43 Å². The maximum atomic E-state index is 15.4. The Morgan fingerprint density at radius 3 is 2.40 bits per heavy atom. The second kappa shape index (κ2) is 13.0. The lowest BCUT2D eigenvalue weighted by atomic mass is 9.49. The number of aromatic hydroxyl groups is 1. The fourth-order valence-electron chi connectivity index (χ4n) is 8.91. The number of imide groups is 2. The molecule has 3 heterocycles. The van der Waals surface area contributed by atoms with Crippen LogP contribution in [0.15, 0.2) is 89.8 Å². The molecule has 52 heavy (non-hydrogen) atoms. The number of hydrazine groups is 1. The van der Waals surface area contributed by atoms with Crippen LogP contribution in [-0.4, -0.2) is 52.9 Å². The van der Waals surface area contributed by atoms with Crippen molar-refractivity contribution in [2.24, 2.45) is 23.7 Å². The predicted octanol–water partition coefficient (Wildman–Crippen LogP) is 6.96. The average molecular weight is 759 g/mol. The number of amides is 4. The van der Waals surface area contributed by atoms with Crippen molar-refractivity contribution < 1.29 is 33.8 Å². The van der Waals surface area contributed by atoms with Crippen LogP contribution in [0.3, 0.4) is 0 Å². The van der Waals surface area contributed by atoms with Gasteiger partial charge in [0.15, 0.2) is 0 Å². The maximum absolute atomic E-state index is 15.4. The largest absolute Gasteiger partial charge is 0.508 e. The lowest BCUT2D eigenvalue weighted by molar-refractivity contribution is -0.141. The normalized spacial score (nSPS) is 26.5. The van der Waals surface area contributed by atoms with E-state index >= 15 is 4.79 Å². The minimum Gasteiger partial charge on any atom is -0.508 e. The van der Waals surface area contributed by atoms with Crippen molar-refractivity contribution in [3.05, 3.63) is 116 Å². The number of phenolic OH excluding ortho intramolecular Hbond substituents is 1. The number of hydrogen-bond acceptors (Lipinski definition) is 9. The van der Waals surface area contributed by atoms with Gasteiger partial charge in [-0.3, -0.25) is 29.5 Å². The third-order valence-electron chi connectivity index (χ3n) is 11.1. The molecule has 4 amide bonds. The average Bonchev–Trinajstić information content (AvgIpc) is 3.81. The van der Waals surface area contributed by atoms with E-state index < -0.39 is 46.8 Å². The van der Waals surface area contributed by atoms with Crippen molar-refractivity contribution in [1.82, 2.24) is 9.91 Å². The fraction of sp³-hybridized carbons (Fsp3) is 0.282. The van der Waals surface area contributed by atoms with E-state index in [9.17, 15) is 19.5 Å². The predicted molar refractivity (Wildman–Crippen MR) is 195 cm³/mol. The molecule has 1 saturated carbocycles. The number of thiophene rings is 1. The molecule has 0 bridgehead atoms. The summed E-state index contributed by atoms with van der Waals surface area (Å²) in [6.07, 6.45) is 2.39. The summed E-state index contributed by atoms with van der Waals surface area (Å²) in [6, 6.07) is 20.2. The molecule has 4 aliphatic rings. The van der Waals surface area contributed by atoms with Crippen LogP contribution < -0.4 is 14.9 Å². The van der Waals surface area contributed by atoms with E-state index in [1.807, 2.05) is 23.6 Å². The standard InChI is InChI=1S/C39H33Cl2N3O7S/c1-50-23-9-5-20(6-10-23)39-29(36(47)44(38(39)49)42-31-14-7-21(40)16-30(31)41)18-28-25(34(39)26-11-8-22(45)17-32(26)51-2)12-13-27-33(28)37(48)43(35(27)46)19-24-4-3-15-52-24/h3-12,14-17,27-29,33-34,42,45H,13,18-19H2,1-2H3/t27-,28+,29-,33-,34+,39+/m0/s1. The first kappa shape index (κ1) is 34.3. The fourth-order valence-corrected chi connectivity index (χ4v) is 10.0. The third kappa shape index (κ3) is 5.12. The first-order valence-corrected chi connectivity index (χ1v) is 18.4. The molecule has 0 spiro atoms. The summed E-state index contributed by atoms with van der Waals surface area (Å²) in [5.74, 6) is -4.48. The Labute approximate surface area is 313 Å². The number of hydrogen-bond donors (Lipinski definition) is 2. The summed E-state index contributed by atoms with van der Waals surface area (Å²) < 4.78 is 11.3. The Bertz CT molecular complexity index is 2160. The molecule has 3 aromatic carbocycles. The quantitative estimate of drug-likeness (QED) is 0.146. The first-order chi connectivity index (χ1) is 25.1. The number of carbonyl (C=O) groups is 4. The van der Waals surface area contributed by atoms with Gasteiger partial charge in [-0.15, -0.1) is 11.3 Å². The van der Waals surface area contributed by atoms with Crippen LogP contribution in [0.4, 0.5) is 5.69 Å². The zero-order chi connectivity index (χ0) is 36.5. The van der Waals surface area contributed by atoms with Crippen LogP contribution in [0.2, 0.25) is 10.0 Å². The van der Waals surface area contributed by atoms with Gasteiger partial charge in [-0.05, 0) is 72.2 Å². The van der Waals surface area contributed by atoms with E-state index in [0.29, 0.717) is 33.3 Å². The molecule has 266 valence electrons. The first-order valence-electron chi connectivity index (χ1n) is 16.8. The van der Waals surface area contributed by atoms with E-state index in [0.717, 1.165) is 15.5 Å². The van der Waals surface area contributed by atoms with Crippen LogP contribution in [0.1, 0.15) is 34.8 Å². The summed E-state index contributed by atoms with van der Waals surface area (Å²) in [6.45, 7) is 0.176. The number of rotatable bonds is 8. The van der Waals surface area contributed by atoms with E-state index in [4.69, 9.17) is 32.7 Å². The number of allylic oxidation sites excluding steroid dienone is 2. The van der Waals surface area contributed by atoms with Gasteiger partial charge in [-0.2, -0.15) is 5.01 Å². The molecule has 0 unspecified atom stereocenters. The van der Waals surface area contributed by atoms with Gasteiger partial charge in [0.2, 0.25) is 11.8 Å². The molecule has 8 rings (SSSR count). The van der Waals surface area contributed by atoms with Crippen molar-refractivity contribution in [1.29, 1.82) is 0 Å². The van der Waals surface area contributed by atoms with Gasteiger partial charge in [-0.25, -0.2) is 0 Å². The van der Waals surface area contributed by atoms with Crippen molar-refractivity contribution in [2.75, 3.05) is 19.6 Å². The summed E-state index contributed by atoms with van der Waals surface area (Å²) in [5.41, 5.74) is 3.61. The Morgan fingerprint density at radius 1 is 0.923 bits per heavy atom. The van der Waals surface area contributed by atoms with Crippen molar-refractivity contribution >= 4 is 63.9 Å². The smallest absolute Gasteiger partial charge is 0.260 e. The van der Waals surface area contributed by atoms with Gasteiger partial charge in [-0.1, -0.05) is 59.1 Å². The van der Waals surface area contributed by atoms with Gasteiger partial charge in [0, 0.05) is 27.4 Å². The maximum Gasteiger partial charge on any atom is 0.260 e. The second-order valence-electron chi connectivity index (χ2n) is 13.5. The Balaban J connectivity index is 1.33. The van der Waals surface area contributed by atoms with Crippen molar-refractivity contribution in [3.63, 3.8) is 0 Å². The molecule has 4 aromatic rings. The van der Waals surface area contributed by atoms with Crippen molar-refractivity contribution in [3.8, 4) is 17.2 Å². The van der Waals surface area contributed by atoms with Gasteiger partial charge >= 0.3 is 0 Å². The van der Waals surface area contributed by atoms with Crippen LogP contribution >= 0.6 is 34.5 Å². The molecule has 13 heteroatoms. The number of likely N-dealkylation sites (tertiary alicyclic amines) is 1. The number of benzene rings is 3. The minimum absolute atomic E-state index is 0.0454. The number of ether oxygens (including phenoxy) is 2. The number of carbonyl (C=O) groups excluding carboxylic acids is 4. The van der Waals surface area contributed by atoms with Crippen LogP contribution in [0.25, 0.3) is 0 Å². The minimum atomic E-state index is -1.56. The molecule has 10 nitrogen and oxygen atoms in total. The summed E-state index contributed by atoms with van der Waals surface area (Å²) >= 11 is 14.2. The van der Waals surface area contributed by atoms with Gasteiger partial charge < -0.3 is 14.6 Å². The topological polar surface area (TPSA) is 125 Å². The van der Waals surface area contributed by atoms with Gasteiger partial charge in [0.25, 0.3) is 11.8 Å². The highest BCUT2D eigenvalue weighted by atomic mass is 35.5. The molecule has 1 aromatic heterocycles. The zero-order valence-electron chi connectivity index (χ0n) is 28.0. The number of methoxy groups -OCH3 is 2. The second-order valence-corrected chi connectivity index (χ2v) is 15.4. The van der Waals surface area contributed by atoms with Crippen LogP contribution in [0.5, 0.6) is 17.2 Å². The monoisotopic (exact) mass is 757 g/mol. The van der Waals surface area contributed by atoms with Crippen molar-refractivity contribution in [2.45, 2.75) is 30.7 Å². The highest BCUT2D eigenvalue weighted by Gasteiger charge is 2.70. The summed E-state index contributed by atoms with van der Waals surface area (Å²) in [5, 5.41) is 14.0. The molecule has 0 radical (unpaired) electrons. The van der Waals surface area contributed by atoms with Gasteiger partial charge in [0.1, 0.15) is 17.2 Å². The molecular formula is C39H33Cl2N3O7S. The van der Waals surface area contributed by atoms with E-state index in [1.54, 1.807) is 49.6 Å². The Morgan fingerprint density at radius 2 is 1.71 bits per heavy atom. The Kier molecular flexibility index (Phi) is 8.55. The molecule has 3 fully saturated rings. The third-order valence-corrected chi connectivity index (χ3v) is 12.5. The molecule has 2 saturated heterocycles. The summed E-state index contributed by atoms with van der Waals surface area (Å²) in [7, 11) is 3.02. The van der Waals surface area contributed by atoms with Crippen LogP contribution in [0, 0.1) is 23.7 Å². The van der Waals surface area contributed by atoms with Crippen LogP contribution in [-0.2, 0) is 31.1 Å². The lowest BCUT2D eigenvalue weighted by Crippen LogP contribution is -2.53. The Hall–Kier alpha value is -4.84. The summed E-state index contributed by atoms with van der Waals surface area (Å²) in [4.78, 5) is 60.8. The van der Waals surface area contributed by atoms with E-state index in [-0.39, 0.29) is 42.0 Å². The highest BCUT2D eigenvalue weighted by molar-refractivity contribution is 7.09. The van der Waals surface area contributed by atoms with E-state index in [1.165, 1.54) is 41.5 Å². The molecule has 2 aliphatic carbocycles. The molecular weight excluding hydrogens is 725 g/mol. The van der Waals surface area contributed by atoms with Gasteiger partial charge in [0.05, 0.1) is 54.6 Å². The molecule has 6 atom stereocenters. The number of nitrogens with zero attached hydrogens (tertiary/aromatic N) is 2.